The number of nitrogens with zero attached hydrogens (tertiary/aromatic N) is 3. The number of hydrogen-bond acceptors (Lipinski definition) is 6. The van der Waals surface area contributed by atoms with Crippen molar-refractivity contribution in [2.45, 2.75) is 0 Å². The summed E-state index contributed by atoms with van der Waals surface area (Å²) in [5.74, 6) is -0.0762. The minimum atomic E-state index is -0.563. The SMILES string of the molecule is COc1cc(Nc2ccc3ncn(-c4cccnc4)c(=O)c3c2)c(F)c(OC)c1. The highest BCUT2D eigenvalue weighted by Crippen LogP contribution is 2.32. The Morgan fingerprint density at radius 3 is 2.69 bits per heavy atom. The van der Waals surface area contributed by atoms with Gasteiger partial charge < -0.3 is 14.8 Å². The number of methoxy groups -OCH3 is 2. The van der Waals surface area contributed by atoms with E-state index >= 15 is 0 Å². The molecule has 146 valence electrons. The first-order chi connectivity index (χ1) is 14.1. The first-order valence-electron chi connectivity index (χ1n) is 8.71. The van der Waals surface area contributed by atoms with Gasteiger partial charge in [0.2, 0.25) is 0 Å². The molecule has 0 unspecified atom stereocenters. The molecule has 2 aromatic carbocycles. The molecule has 0 bridgehead atoms. The van der Waals surface area contributed by atoms with Crippen LogP contribution in [0.5, 0.6) is 11.5 Å². The molecule has 0 saturated heterocycles. The van der Waals surface area contributed by atoms with Crippen LogP contribution in [-0.4, -0.2) is 28.8 Å². The van der Waals surface area contributed by atoms with Gasteiger partial charge in [-0.2, -0.15) is 0 Å². The standard InChI is InChI=1S/C21H17FN4O3/c1-28-15-9-18(20(22)19(10-15)29-2)25-13-5-6-17-16(8-13)21(27)26(12-24-17)14-4-3-7-23-11-14/h3-12,25H,1-2H3. The second-order valence-electron chi connectivity index (χ2n) is 6.18. The zero-order valence-corrected chi connectivity index (χ0v) is 15.7. The summed E-state index contributed by atoms with van der Waals surface area (Å²) in [4.78, 5) is 21.3. The molecule has 0 aliphatic rings. The molecule has 0 aliphatic heterocycles. The van der Waals surface area contributed by atoms with Crippen LogP contribution in [0.25, 0.3) is 16.6 Å². The van der Waals surface area contributed by atoms with E-state index in [1.165, 1.54) is 37.2 Å². The van der Waals surface area contributed by atoms with E-state index in [0.29, 0.717) is 28.0 Å². The molecule has 2 heterocycles. The van der Waals surface area contributed by atoms with Gasteiger partial charge in [-0.05, 0) is 30.3 Å². The molecule has 8 heteroatoms. The van der Waals surface area contributed by atoms with Crippen molar-refractivity contribution in [2.75, 3.05) is 19.5 Å². The van der Waals surface area contributed by atoms with Crippen molar-refractivity contribution in [1.29, 1.82) is 0 Å². The Balaban J connectivity index is 1.78. The van der Waals surface area contributed by atoms with E-state index in [-0.39, 0.29) is 17.0 Å². The number of ether oxygens (including phenoxy) is 2. The monoisotopic (exact) mass is 392 g/mol. The summed E-state index contributed by atoms with van der Waals surface area (Å²) in [7, 11) is 2.86. The third kappa shape index (κ3) is 3.47. The lowest BCUT2D eigenvalue weighted by Gasteiger charge is -2.13. The molecule has 0 amide bonds. The van der Waals surface area contributed by atoms with Crippen LogP contribution in [-0.2, 0) is 0 Å². The van der Waals surface area contributed by atoms with Crippen LogP contribution >= 0.6 is 0 Å². The minimum absolute atomic E-state index is 0.0493. The van der Waals surface area contributed by atoms with Crippen molar-refractivity contribution in [3.05, 3.63) is 77.4 Å². The van der Waals surface area contributed by atoms with Crippen LogP contribution < -0.4 is 20.3 Å². The lowest BCUT2D eigenvalue weighted by molar-refractivity contribution is 0.375. The van der Waals surface area contributed by atoms with Crippen molar-refractivity contribution in [3.8, 4) is 17.2 Å². The third-order valence-electron chi connectivity index (χ3n) is 4.43. The predicted octanol–water partition coefficient (Wildman–Crippen LogP) is 3.68. The summed E-state index contributed by atoms with van der Waals surface area (Å²) >= 11 is 0. The summed E-state index contributed by atoms with van der Waals surface area (Å²) in [6.07, 6.45) is 4.66. The number of nitrogens with one attached hydrogen (secondary N) is 1. The highest BCUT2D eigenvalue weighted by atomic mass is 19.1. The van der Waals surface area contributed by atoms with Gasteiger partial charge in [-0.25, -0.2) is 9.37 Å². The van der Waals surface area contributed by atoms with Crippen molar-refractivity contribution < 1.29 is 13.9 Å². The molecule has 7 nitrogen and oxygen atoms in total. The van der Waals surface area contributed by atoms with Crippen LogP contribution in [0.2, 0.25) is 0 Å². The number of hydrogen-bond donors (Lipinski definition) is 1. The van der Waals surface area contributed by atoms with Crippen molar-refractivity contribution in [2.24, 2.45) is 0 Å². The zero-order chi connectivity index (χ0) is 20.4. The molecule has 2 aromatic heterocycles. The van der Waals surface area contributed by atoms with Gasteiger partial charge in [0.05, 0.1) is 42.7 Å². The van der Waals surface area contributed by atoms with E-state index in [4.69, 9.17) is 9.47 Å². The average molecular weight is 392 g/mol. The second-order valence-corrected chi connectivity index (χ2v) is 6.18. The fourth-order valence-corrected chi connectivity index (χ4v) is 2.97. The van der Waals surface area contributed by atoms with E-state index in [1.54, 1.807) is 42.7 Å². The van der Waals surface area contributed by atoms with E-state index in [2.05, 4.69) is 15.3 Å². The van der Waals surface area contributed by atoms with Gasteiger partial charge in [0.15, 0.2) is 11.6 Å². The maximum Gasteiger partial charge on any atom is 0.265 e. The number of halogens is 1. The maximum atomic E-state index is 14.6. The van der Waals surface area contributed by atoms with E-state index < -0.39 is 5.82 Å². The number of anilines is 2. The van der Waals surface area contributed by atoms with Crippen molar-refractivity contribution in [3.63, 3.8) is 0 Å². The summed E-state index contributed by atoms with van der Waals surface area (Å²) in [6, 6.07) is 11.5. The molecule has 29 heavy (non-hydrogen) atoms. The van der Waals surface area contributed by atoms with Crippen LogP contribution in [0, 0.1) is 5.82 Å². The molecule has 0 aliphatic carbocycles. The van der Waals surface area contributed by atoms with Crippen LogP contribution in [0.1, 0.15) is 0 Å². The maximum absolute atomic E-state index is 14.6. The van der Waals surface area contributed by atoms with Crippen LogP contribution in [0.15, 0.2) is 66.0 Å². The van der Waals surface area contributed by atoms with Gasteiger partial charge in [0, 0.05) is 24.0 Å². The van der Waals surface area contributed by atoms with E-state index in [9.17, 15) is 9.18 Å². The fraction of sp³-hybridized carbons (Fsp3) is 0.0952. The zero-order valence-electron chi connectivity index (χ0n) is 15.7. The average Bonchev–Trinajstić information content (AvgIpc) is 2.76. The van der Waals surface area contributed by atoms with Crippen molar-refractivity contribution >= 4 is 22.3 Å². The Morgan fingerprint density at radius 2 is 1.97 bits per heavy atom. The summed E-state index contributed by atoms with van der Waals surface area (Å²) in [5.41, 5.74) is 1.57. The molecule has 4 aromatic rings. The molecule has 0 atom stereocenters. The Morgan fingerprint density at radius 1 is 1.10 bits per heavy atom. The van der Waals surface area contributed by atoms with Gasteiger partial charge in [-0.3, -0.25) is 14.3 Å². The molecule has 0 saturated carbocycles. The fourth-order valence-electron chi connectivity index (χ4n) is 2.97. The minimum Gasteiger partial charge on any atom is -0.497 e. The smallest absolute Gasteiger partial charge is 0.265 e. The number of aromatic nitrogens is 3. The molecule has 1 N–H and O–H groups in total. The van der Waals surface area contributed by atoms with Gasteiger partial charge >= 0.3 is 0 Å². The quantitative estimate of drug-likeness (QED) is 0.558. The van der Waals surface area contributed by atoms with Crippen LogP contribution in [0.3, 0.4) is 0 Å². The third-order valence-corrected chi connectivity index (χ3v) is 4.43. The lowest BCUT2D eigenvalue weighted by Crippen LogP contribution is -2.19. The molecule has 0 radical (unpaired) electrons. The number of benzene rings is 2. The first kappa shape index (κ1) is 18.4. The normalized spacial score (nSPS) is 10.7. The first-order valence-corrected chi connectivity index (χ1v) is 8.71. The van der Waals surface area contributed by atoms with Crippen LogP contribution in [0.4, 0.5) is 15.8 Å². The highest BCUT2D eigenvalue weighted by Gasteiger charge is 2.13. The molecule has 0 fully saturated rings. The topological polar surface area (TPSA) is 78.3 Å². The van der Waals surface area contributed by atoms with E-state index in [0.717, 1.165) is 0 Å². The predicted molar refractivity (Wildman–Crippen MR) is 108 cm³/mol. The largest absolute Gasteiger partial charge is 0.497 e. The summed E-state index contributed by atoms with van der Waals surface area (Å²) in [5, 5.41) is 3.36. The molecule has 4 rings (SSSR count). The molecular formula is C21H17FN4O3. The van der Waals surface area contributed by atoms with Gasteiger partial charge in [-0.1, -0.05) is 0 Å². The highest BCUT2D eigenvalue weighted by molar-refractivity contribution is 5.83. The molecular weight excluding hydrogens is 375 g/mol. The van der Waals surface area contributed by atoms with Gasteiger partial charge in [0.1, 0.15) is 12.1 Å². The Hall–Kier alpha value is -3.94. The number of pyridine rings is 1. The molecule has 0 spiro atoms. The lowest BCUT2D eigenvalue weighted by atomic mass is 10.2. The number of rotatable bonds is 5. The Bertz CT molecular complexity index is 1240. The summed E-state index contributed by atoms with van der Waals surface area (Å²) < 4.78 is 26.3. The van der Waals surface area contributed by atoms with Gasteiger partial charge in [0.25, 0.3) is 5.56 Å². The van der Waals surface area contributed by atoms with Crippen molar-refractivity contribution in [1.82, 2.24) is 14.5 Å². The Kier molecular flexibility index (Phi) is 4.82. The second kappa shape index (κ2) is 7.59. The van der Waals surface area contributed by atoms with E-state index in [1.807, 2.05) is 0 Å². The van der Waals surface area contributed by atoms with Gasteiger partial charge in [-0.15, -0.1) is 0 Å². The summed E-state index contributed by atoms with van der Waals surface area (Å²) in [6.45, 7) is 0. The number of fused-ring (bicyclic) bond motifs is 1. The Labute approximate surface area is 165 Å².